The Bertz CT molecular complexity index is 1200. The zero-order valence-corrected chi connectivity index (χ0v) is 19.0. The number of nitrogens with one attached hydrogen (secondary N) is 1. The molecule has 3 rings (SSSR count). The molecule has 3 aromatic carbocycles. The fourth-order valence-corrected chi connectivity index (χ4v) is 4.21. The van der Waals surface area contributed by atoms with Crippen LogP contribution in [0.1, 0.15) is 10.4 Å². The van der Waals surface area contributed by atoms with E-state index in [-0.39, 0.29) is 29.0 Å². The van der Waals surface area contributed by atoms with E-state index in [0.717, 1.165) is 0 Å². The fourth-order valence-electron chi connectivity index (χ4n) is 2.97. The van der Waals surface area contributed by atoms with Gasteiger partial charge < -0.3 is 15.4 Å². The number of hydrogen-bond donors (Lipinski definition) is 2. The van der Waals surface area contributed by atoms with Crippen molar-refractivity contribution in [1.29, 1.82) is 0 Å². The van der Waals surface area contributed by atoms with Crippen LogP contribution in [0.15, 0.2) is 71.6 Å². The maximum atomic E-state index is 13.0. The molecule has 0 spiro atoms. The zero-order valence-electron chi connectivity index (χ0n) is 17.3. The molecule has 164 valence electrons. The molecule has 3 N–H and O–H groups in total. The van der Waals surface area contributed by atoms with Crippen molar-refractivity contribution in [2.75, 3.05) is 31.7 Å². The minimum atomic E-state index is -3.95. The Morgan fingerprint density at radius 1 is 0.968 bits per heavy atom. The quantitative estimate of drug-likeness (QED) is 0.542. The van der Waals surface area contributed by atoms with Gasteiger partial charge in [0, 0.05) is 25.3 Å². The van der Waals surface area contributed by atoms with Gasteiger partial charge in [0.15, 0.2) is 0 Å². The molecule has 0 unspecified atom stereocenters. The smallest absolute Gasteiger partial charge is 0.265 e. The summed E-state index contributed by atoms with van der Waals surface area (Å²) in [4.78, 5) is 13.7. The van der Waals surface area contributed by atoms with Crippen LogP contribution >= 0.6 is 12.4 Å². The molecule has 0 heterocycles. The second-order valence-electron chi connectivity index (χ2n) is 6.88. The molecule has 0 atom stereocenters. The average molecular weight is 462 g/mol. The number of hydrogen-bond acceptors (Lipinski definition) is 5. The van der Waals surface area contributed by atoms with Crippen LogP contribution in [-0.2, 0) is 10.0 Å². The van der Waals surface area contributed by atoms with Gasteiger partial charge in [-0.25, -0.2) is 8.42 Å². The van der Waals surface area contributed by atoms with Gasteiger partial charge in [0.25, 0.3) is 15.9 Å². The molecule has 0 aromatic heterocycles. The summed E-state index contributed by atoms with van der Waals surface area (Å²) in [6.45, 7) is 0. The van der Waals surface area contributed by atoms with Crippen molar-refractivity contribution in [3.05, 3.63) is 72.3 Å². The third kappa shape index (κ3) is 5.48. The van der Waals surface area contributed by atoms with E-state index >= 15 is 0 Å². The minimum Gasteiger partial charge on any atom is -0.495 e. The van der Waals surface area contributed by atoms with E-state index in [0.29, 0.717) is 28.1 Å². The van der Waals surface area contributed by atoms with Gasteiger partial charge in [0.05, 0.1) is 12.8 Å². The highest BCUT2D eigenvalue weighted by Crippen LogP contribution is 2.32. The lowest BCUT2D eigenvalue weighted by Gasteiger charge is -2.14. The highest BCUT2D eigenvalue weighted by Gasteiger charge is 2.21. The molecule has 0 aliphatic heterocycles. The van der Waals surface area contributed by atoms with Crippen molar-refractivity contribution in [2.45, 2.75) is 4.90 Å². The maximum absolute atomic E-state index is 13.0. The number of nitrogen functional groups attached to an aromatic ring is 1. The van der Waals surface area contributed by atoms with Crippen LogP contribution in [0.25, 0.3) is 11.1 Å². The first-order chi connectivity index (χ1) is 14.2. The van der Waals surface area contributed by atoms with E-state index in [1.807, 2.05) is 6.07 Å². The fraction of sp³-hybridized carbons (Fsp3) is 0.136. The molecule has 0 radical (unpaired) electrons. The highest BCUT2D eigenvalue weighted by molar-refractivity contribution is 7.92. The number of anilines is 2. The number of amides is 1. The summed E-state index contributed by atoms with van der Waals surface area (Å²) in [6.07, 6.45) is 0. The van der Waals surface area contributed by atoms with Gasteiger partial charge in [-0.15, -0.1) is 12.4 Å². The molecule has 0 aliphatic rings. The largest absolute Gasteiger partial charge is 0.495 e. The number of rotatable bonds is 6. The predicted octanol–water partition coefficient (Wildman–Crippen LogP) is 3.87. The molecule has 31 heavy (non-hydrogen) atoms. The topological polar surface area (TPSA) is 102 Å². The molecule has 9 heteroatoms. The Hall–Kier alpha value is -3.23. The normalized spacial score (nSPS) is 10.7. The number of carbonyl (C=O) groups excluding carboxylic acids is 1. The van der Waals surface area contributed by atoms with Crippen LogP contribution in [0.4, 0.5) is 11.4 Å². The standard InChI is InChI=1S/C22H23N3O4S.ClH/c1-25(2)22(26)17-7-4-6-15(12-17)16-10-11-20(29-3)21(13-16)30(27,28)24-19-9-5-8-18(23)14-19;/h4-14,24H,23H2,1-3H3;1H. The number of nitrogens with zero attached hydrogens (tertiary/aromatic N) is 1. The summed E-state index contributed by atoms with van der Waals surface area (Å²) >= 11 is 0. The van der Waals surface area contributed by atoms with Crippen LogP contribution in [0, 0.1) is 0 Å². The Morgan fingerprint density at radius 3 is 2.29 bits per heavy atom. The van der Waals surface area contributed by atoms with E-state index < -0.39 is 10.0 Å². The number of sulfonamides is 1. The predicted molar refractivity (Wildman–Crippen MR) is 125 cm³/mol. The van der Waals surface area contributed by atoms with E-state index in [2.05, 4.69) is 4.72 Å². The van der Waals surface area contributed by atoms with Gasteiger partial charge >= 0.3 is 0 Å². The van der Waals surface area contributed by atoms with Crippen LogP contribution in [0.2, 0.25) is 0 Å². The molecular formula is C22H24ClN3O4S. The third-order valence-corrected chi connectivity index (χ3v) is 5.84. The first-order valence-electron chi connectivity index (χ1n) is 9.10. The van der Waals surface area contributed by atoms with E-state index in [1.165, 1.54) is 24.1 Å². The average Bonchev–Trinajstić information content (AvgIpc) is 2.72. The monoisotopic (exact) mass is 461 g/mol. The second-order valence-corrected chi connectivity index (χ2v) is 8.53. The SMILES string of the molecule is COc1ccc(-c2cccc(C(=O)N(C)C)c2)cc1S(=O)(=O)Nc1cccc(N)c1.Cl. The van der Waals surface area contributed by atoms with Crippen molar-refractivity contribution in [1.82, 2.24) is 4.90 Å². The number of benzene rings is 3. The van der Waals surface area contributed by atoms with Crippen molar-refractivity contribution >= 4 is 39.7 Å². The molecule has 0 fully saturated rings. The van der Waals surface area contributed by atoms with Crippen molar-refractivity contribution < 1.29 is 17.9 Å². The molecule has 0 aliphatic carbocycles. The molecule has 0 saturated heterocycles. The van der Waals surface area contributed by atoms with Gasteiger partial charge in [-0.1, -0.05) is 24.3 Å². The zero-order chi connectivity index (χ0) is 21.9. The minimum absolute atomic E-state index is 0. The number of halogens is 1. The number of carbonyl (C=O) groups is 1. The molecule has 7 nitrogen and oxygen atoms in total. The van der Waals surface area contributed by atoms with Crippen LogP contribution in [-0.4, -0.2) is 40.4 Å². The number of methoxy groups -OCH3 is 1. The summed E-state index contributed by atoms with van der Waals surface area (Å²) in [6, 6.07) is 18.3. The van der Waals surface area contributed by atoms with E-state index in [9.17, 15) is 13.2 Å². The Kier molecular flexibility index (Phi) is 7.54. The lowest BCUT2D eigenvalue weighted by atomic mass is 10.0. The van der Waals surface area contributed by atoms with Gasteiger partial charge in [-0.3, -0.25) is 9.52 Å². The van der Waals surface area contributed by atoms with Crippen LogP contribution in [0.5, 0.6) is 5.75 Å². The van der Waals surface area contributed by atoms with Gasteiger partial charge in [-0.05, 0) is 53.6 Å². The molecule has 0 bridgehead atoms. The summed E-state index contributed by atoms with van der Waals surface area (Å²) in [5, 5.41) is 0. The Balaban J connectivity index is 0.00000341. The van der Waals surface area contributed by atoms with Gasteiger partial charge in [0.1, 0.15) is 10.6 Å². The first-order valence-corrected chi connectivity index (χ1v) is 10.6. The Morgan fingerprint density at radius 2 is 1.65 bits per heavy atom. The van der Waals surface area contributed by atoms with Crippen molar-refractivity contribution in [2.24, 2.45) is 0 Å². The summed E-state index contributed by atoms with van der Waals surface area (Å²) in [7, 11) is 0.810. The second kappa shape index (κ2) is 9.72. The van der Waals surface area contributed by atoms with Gasteiger partial charge in [-0.2, -0.15) is 0 Å². The maximum Gasteiger partial charge on any atom is 0.265 e. The Labute approximate surface area is 188 Å². The van der Waals surface area contributed by atoms with Crippen molar-refractivity contribution in [3.8, 4) is 16.9 Å². The summed E-state index contributed by atoms with van der Waals surface area (Å²) in [5.74, 6) is 0.0669. The van der Waals surface area contributed by atoms with Crippen molar-refractivity contribution in [3.63, 3.8) is 0 Å². The van der Waals surface area contributed by atoms with E-state index in [4.69, 9.17) is 10.5 Å². The highest BCUT2D eigenvalue weighted by atomic mass is 35.5. The summed E-state index contributed by atoms with van der Waals surface area (Å²) < 4.78 is 33.9. The first kappa shape index (κ1) is 24.0. The lowest BCUT2D eigenvalue weighted by molar-refractivity contribution is 0.0827. The molecule has 1 amide bonds. The van der Waals surface area contributed by atoms with Crippen LogP contribution < -0.4 is 15.2 Å². The third-order valence-electron chi connectivity index (χ3n) is 4.44. The van der Waals surface area contributed by atoms with Crippen LogP contribution in [0.3, 0.4) is 0 Å². The molecule has 3 aromatic rings. The van der Waals surface area contributed by atoms with E-state index in [1.54, 1.807) is 62.6 Å². The summed E-state index contributed by atoms with van der Waals surface area (Å²) in [5.41, 5.74) is 8.39. The number of nitrogens with two attached hydrogens (primary N) is 1. The lowest BCUT2D eigenvalue weighted by Crippen LogP contribution is -2.21. The molecular weight excluding hydrogens is 438 g/mol. The van der Waals surface area contributed by atoms with Gasteiger partial charge in [0.2, 0.25) is 0 Å². The number of ether oxygens (including phenoxy) is 1. The molecule has 0 saturated carbocycles.